The maximum Gasteiger partial charge on any atom is 0.258 e. The molecule has 2 heterocycles. The summed E-state index contributed by atoms with van der Waals surface area (Å²) >= 11 is 5.70. The smallest absolute Gasteiger partial charge is 0.258 e. The molecule has 1 aromatic heterocycles. The lowest BCUT2D eigenvalue weighted by Crippen LogP contribution is -2.46. The molecule has 1 aliphatic heterocycles. The van der Waals surface area contributed by atoms with Crippen molar-refractivity contribution >= 4 is 22.9 Å². The molecular formula is C24H25FN4OS. The number of rotatable bonds is 6. The van der Waals surface area contributed by atoms with E-state index in [9.17, 15) is 4.39 Å². The summed E-state index contributed by atoms with van der Waals surface area (Å²) in [5.41, 5.74) is 3.47. The monoisotopic (exact) mass is 436 g/mol. The normalized spacial score (nSPS) is 16.7. The number of allylic oxidation sites excluding steroid dienone is 1. The van der Waals surface area contributed by atoms with Crippen molar-refractivity contribution < 1.29 is 8.91 Å². The van der Waals surface area contributed by atoms with E-state index in [1.807, 2.05) is 37.3 Å². The second kappa shape index (κ2) is 8.98. The lowest BCUT2D eigenvalue weighted by atomic mass is 9.94. The number of nitrogens with one attached hydrogen (secondary N) is 1. The summed E-state index contributed by atoms with van der Waals surface area (Å²) in [6.45, 7) is 7.21. The predicted molar refractivity (Wildman–Crippen MR) is 123 cm³/mol. The summed E-state index contributed by atoms with van der Waals surface area (Å²) in [6.07, 6.45) is 1.00. The third-order valence-electron chi connectivity index (χ3n) is 5.40. The molecule has 1 atom stereocenters. The Morgan fingerprint density at radius 3 is 2.65 bits per heavy atom. The van der Waals surface area contributed by atoms with E-state index in [1.54, 1.807) is 12.1 Å². The van der Waals surface area contributed by atoms with Crippen LogP contribution in [-0.4, -0.2) is 26.7 Å². The third-order valence-corrected chi connectivity index (χ3v) is 5.74. The van der Waals surface area contributed by atoms with Crippen LogP contribution in [0, 0.1) is 11.7 Å². The van der Waals surface area contributed by atoms with Gasteiger partial charge in [0, 0.05) is 17.8 Å². The molecule has 1 aliphatic rings. The summed E-state index contributed by atoms with van der Waals surface area (Å²) < 4.78 is 19.4. The molecule has 1 unspecified atom stereocenters. The quantitative estimate of drug-likeness (QED) is 0.509. The summed E-state index contributed by atoms with van der Waals surface area (Å²) in [5, 5.41) is 8.25. The average molecular weight is 437 g/mol. The molecule has 0 spiro atoms. The lowest BCUT2D eigenvalue weighted by molar-refractivity contribution is 0.390. The van der Waals surface area contributed by atoms with E-state index in [2.05, 4.69) is 34.2 Å². The Morgan fingerprint density at radius 1 is 1.16 bits per heavy atom. The minimum Gasteiger partial charge on any atom is -0.351 e. The number of aromatic nitrogens is 2. The number of halogens is 1. The first kappa shape index (κ1) is 21.2. The van der Waals surface area contributed by atoms with Gasteiger partial charge >= 0.3 is 0 Å². The number of hydrogen-bond acceptors (Lipinski definition) is 4. The maximum absolute atomic E-state index is 13.7. The fraction of sp³-hybridized carbons (Fsp3) is 0.292. The van der Waals surface area contributed by atoms with E-state index in [0.717, 1.165) is 29.8 Å². The molecule has 0 fully saturated rings. The Bertz CT molecular complexity index is 1110. The third kappa shape index (κ3) is 4.51. The molecule has 1 N–H and O–H groups in total. The largest absolute Gasteiger partial charge is 0.351 e. The molecule has 160 valence electrons. The molecule has 0 saturated heterocycles. The Labute approximate surface area is 187 Å². The molecule has 0 aliphatic carbocycles. The minimum atomic E-state index is -0.342. The van der Waals surface area contributed by atoms with Crippen LogP contribution >= 0.6 is 12.2 Å². The molecule has 2 aromatic carbocycles. The fourth-order valence-electron chi connectivity index (χ4n) is 3.69. The van der Waals surface area contributed by atoms with Crippen LogP contribution in [0.25, 0.3) is 17.0 Å². The summed E-state index contributed by atoms with van der Waals surface area (Å²) in [6, 6.07) is 16.0. The van der Waals surface area contributed by atoms with Gasteiger partial charge in [-0.3, -0.25) is 0 Å². The van der Waals surface area contributed by atoms with Crippen LogP contribution in [-0.2, 0) is 0 Å². The maximum atomic E-state index is 13.7. The van der Waals surface area contributed by atoms with Gasteiger partial charge in [0.25, 0.3) is 5.89 Å². The van der Waals surface area contributed by atoms with Crippen molar-refractivity contribution in [3.05, 3.63) is 77.6 Å². The Morgan fingerprint density at radius 2 is 1.94 bits per heavy atom. The fourth-order valence-corrected chi connectivity index (χ4v) is 4.03. The number of thiocarbonyl (C=S) groups is 1. The first-order valence-electron chi connectivity index (χ1n) is 10.4. The second-order valence-electron chi connectivity index (χ2n) is 8.06. The van der Waals surface area contributed by atoms with E-state index < -0.39 is 0 Å². The van der Waals surface area contributed by atoms with Crippen LogP contribution in [0.2, 0.25) is 0 Å². The van der Waals surface area contributed by atoms with E-state index in [0.29, 0.717) is 28.3 Å². The zero-order valence-electron chi connectivity index (χ0n) is 17.8. The van der Waals surface area contributed by atoms with Crippen molar-refractivity contribution in [2.45, 2.75) is 33.2 Å². The molecule has 31 heavy (non-hydrogen) atoms. The predicted octanol–water partition coefficient (Wildman–Crippen LogP) is 5.58. The van der Waals surface area contributed by atoms with Crippen molar-refractivity contribution in [1.29, 1.82) is 0 Å². The van der Waals surface area contributed by atoms with Crippen molar-refractivity contribution in [2.75, 3.05) is 6.54 Å². The molecule has 0 amide bonds. The highest BCUT2D eigenvalue weighted by molar-refractivity contribution is 7.80. The number of hydrogen-bond donors (Lipinski definition) is 1. The van der Waals surface area contributed by atoms with Crippen LogP contribution in [0.4, 0.5) is 4.39 Å². The van der Waals surface area contributed by atoms with Gasteiger partial charge in [-0.1, -0.05) is 61.5 Å². The van der Waals surface area contributed by atoms with Crippen molar-refractivity contribution in [1.82, 2.24) is 20.4 Å². The average Bonchev–Trinajstić information content (AvgIpc) is 3.23. The Kier molecular flexibility index (Phi) is 6.13. The molecule has 4 rings (SSSR count). The lowest BCUT2D eigenvalue weighted by Gasteiger charge is -2.37. The zero-order valence-corrected chi connectivity index (χ0v) is 18.6. The van der Waals surface area contributed by atoms with Gasteiger partial charge in [0.2, 0.25) is 5.82 Å². The van der Waals surface area contributed by atoms with Gasteiger partial charge in [0.1, 0.15) is 5.82 Å². The van der Waals surface area contributed by atoms with Gasteiger partial charge in [-0.2, -0.15) is 4.98 Å². The number of nitrogens with zero attached hydrogens (tertiary/aromatic N) is 3. The van der Waals surface area contributed by atoms with Crippen LogP contribution in [0.5, 0.6) is 0 Å². The van der Waals surface area contributed by atoms with E-state index in [-0.39, 0.29) is 11.9 Å². The number of benzene rings is 2. The first-order chi connectivity index (χ1) is 14.9. The van der Waals surface area contributed by atoms with Gasteiger partial charge in [-0.05, 0) is 49.2 Å². The SMILES string of the molecule is CC1=C(c2nc(-c3cccc(F)c3)no2)C(c2ccccc2)NC(=S)N1CCC(C)C. The first-order valence-corrected chi connectivity index (χ1v) is 10.8. The molecule has 7 heteroatoms. The topological polar surface area (TPSA) is 54.2 Å². The molecule has 3 aromatic rings. The molecule has 5 nitrogen and oxygen atoms in total. The molecular weight excluding hydrogens is 411 g/mol. The van der Waals surface area contributed by atoms with Crippen molar-refractivity contribution in [3.63, 3.8) is 0 Å². The van der Waals surface area contributed by atoms with Gasteiger partial charge < -0.3 is 14.7 Å². The van der Waals surface area contributed by atoms with Crippen LogP contribution in [0.15, 0.2) is 64.8 Å². The van der Waals surface area contributed by atoms with E-state index in [4.69, 9.17) is 16.7 Å². The van der Waals surface area contributed by atoms with Gasteiger partial charge in [0.05, 0.1) is 11.6 Å². The summed E-state index contributed by atoms with van der Waals surface area (Å²) in [5.74, 6) is 0.957. The van der Waals surface area contributed by atoms with Gasteiger partial charge in [-0.15, -0.1) is 0 Å². The van der Waals surface area contributed by atoms with Crippen molar-refractivity contribution in [3.8, 4) is 11.4 Å². The van der Waals surface area contributed by atoms with Crippen LogP contribution < -0.4 is 5.32 Å². The Balaban J connectivity index is 1.78. The van der Waals surface area contributed by atoms with Gasteiger partial charge in [-0.25, -0.2) is 4.39 Å². The van der Waals surface area contributed by atoms with Crippen LogP contribution in [0.3, 0.4) is 0 Å². The standard InChI is InChI=1S/C24H25FN4OS/c1-15(2)12-13-29-16(3)20(21(26-24(29)31)17-8-5-4-6-9-17)23-27-22(28-30-23)18-10-7-11-19(25)14-18/h4-11,14-15,21H,12-13H2,1-3H3,(H,26,31). The van der Waals surface area contributed by atoms with Crippen molar-refractivity contribution in [2.24, 2.45) is 5.92 Å². The Hall–Kier alpha value is -3.06. The van der Waals surface area contributed by atoms with Crippen LogP contribution in [0.1, 0.15) is 44.7 Å². The highest BCUT2D eigenvalue weighted by Crippen LogP contribution is 2.37. The summed E-state index contributed by atoms with van der Waals surface area (Å²) in [7, 11) is 0. The van der Waals surface area contributed by atoms with E-state index in [1.165, 1.54) is 12.1 Å². The highest BCUT2D eigenvalue weighted by atomic mass is 32.1. The highest BCUT2D eigenvalue weighted by Gasteiger charge is 2.33. The minimum absolute atomic E-state index is 0.218. The molecule has 0 saturated carbocycles. The zero-order chi connectivity index (χ0) is 22.0. The second-order valence-corrected chi connectivity index (χ2v) is 8.45. The molecule has 0 radical (unpaired) electrons. The molecule has 0 bridgehead atoms. The van der Waals surface area contributed by atoms with Gasteiger partial charge in [0.15, 0.2) is 5.11 Å². The summed E-state index contributed by atoms with van der Waals surface area (Å²) in [4.78, 5) is 6.71. The van der Waals surface area contributed by atoms with E-state index >= 15 is 0 Å².